The number of aromatic nitrogens is 2. The zero-order valence-electron chi connectivity index (χ0n) is 21.6. The van der Waals surface area contributed by atoms with E-state index in [0.29, 0.717) is 32.6 Å². The Kier molecular flexibility index (Phi) is 7.46. The van der Waals surface area contributed by atoms with Crippen LogP contribution in [0.3, 0.4) is 0 Å². The molecule has 3 aliphatic heterocycles. The number of Topliss-reactive ketones (excluding diaryl/α,β-unsaturated/α-hetero) is 1. The van der Waals surface area contributed by atoms with Crippen LogP contribution in [0, 0.1) is 0 Å². The van der Waals surface area contributed by atoms with E-state index in [9.17, 15) is 27.6 Å². The Balaban J connectivity index is 1.66. The second kappa shape index (κ2) is 10.1. The van der Waals surface area contributed by atoms with Crippen molar-refractivity contribution < 1.29 is 32.2 Å². The maximum Gasteiger partial charge on any atom is 0.410 e. The predicted molar refractivity (Wildman–Crippen MR) is 129 cm³/mol. The van der Waals surface area contributed by atoms with Gasteiger partial charge >= 0.3 is 12.3 Å². The standard InChI is InChI=1S/C24H34F3N5O5/c1-15-14-36-11-10-29(15)19-12-20(34)31-9-7-18(24(25,26)27)32(21(31)28-19)13-17(33)16-6-5-8-30(16)22(35)37-23(2,3)4/h12,15-16,18H,5-11,13-14H2,1-4H3/t15-,16?,18+/m1/s1. The van der Waals surface area contributed by atoms with Crippen molar-refractivity contribution in [3.63, 3.8) is 0 Å². The van der Waals surface area contributed by atoms with Crippen LogP contribution < -0.4 is 15.4 Å². The number of alkyl halides is 3. The largest absolute Gasteiger partial charge is 0.444 e. The predicted octanol–water partition coefficient (Wildman–Crippen LogP) is 2.58. The highest BCUT2D eigenvalue weighted by Gasteiger charge is 2.48. The number of amides is 1. The number of carbonyl (C=O) groups is 2. The molecule has 3 aliphatic rings. The van der Waals surface area contributed by atoms with Crippen molar-refractivity contribution in [1.82, 2.24) is 14.5 Å². The fourth-order valence-electron chi connectivity index (χ4n) is 5.11. The second-order valence-corrected chi connectivity index (χ2v) is 10.8. The summed E-state index contributed by atoms with van der Waals surface area (Å²) in [6, 6.07) is -1.70. The van der Waals surface area contributed by atoms with Crippen molar-refractivity contribution in [3.05, 3.63) is 16.4 Å². The van der Waals surface area contributed by atoms with Gasteiger partial charge in [0.1, 0.15) is 17.5 Å². The summed E-state index contributed by atoms with van der Waals surface area (Å²) in [5.74, 6) is -0.487. The molecule has 10 nitrogen and oxygen atoms in total. The molecule has 13 heteroatoms. The van der Waals surface area contributed by atoms with Crippen LogP contribution in [-0.2, 0) is 20.8 Å². The maximum atomic E-state index is 14.1. The van der Waals surface area contributed by atoms with E-state index in [1.807, 2.05) is 11.8 Å². The lowest BCUT2D eigenvalue weighted by Gasteiger charge is -2.40. The molecular formula is C24H34F3N5O5. The second-order valence-electron chi connectivity index (χ2n) is 10.8. The Morgan fingerprint density at radius 1 is 1.16 bits per heavy atom. The van der Waals surface area contributed by atoms with Crippen molar-refractivity contribution in [1.29, 1.82) is 0 Å². The molecule has 2 fully saturated rings. The molecule has 0 saturated carbocycles. The number of carbonyl (C=O) groups excluding carboxylic acids is 2. The number of ether oxygens (including phenoxy) is 2. The van der Waals surface area contributed by atoms with Gasteiger partial charge in [0.15, 0.2) is 5.78 Å². The third kappa shape index (κ3) is 5.86. The van der Waals surface area contributed by atoms with E-state index in [1.54, 1.807) is 20.8 Å². The minimum atomic E-state index is -4.65. The topological polar surface area (TPSA) is 97.2 Å². The van der Waals surface area contributed by atoms with Gasteiger partial charge in [0.05, 0.1) is 31.8 Å². The summed E-state index contributed by atoms with van der Waals surface area (Å²) < 4.78 is 54.4. The first kappa shape index (κ1) is 27.2. The lowest BCUT2D eigenvalue weighted by Crippen LogP contribution is -2.56. The van der Waals surface area contributed by atoms with Gasteiger partial charge in [-0.1, -0.05) is 0 Å². The Morgan fingerprint density at radius 3 is 2.54 bits per heavy atom. The van der Waals surface area contributed by atoms with Crippen molar-refractivity contribution in [3.8, 4) is 0 Å². The number of rotatable bonds is 4. The Labute approximate surface area is 213 Å². The fourth-order valence-corrected chi connectivity index (χ4v) is 5.11. The summed E-state index contributed by atoms with van der Waals surface area (Å²) in [5, 5.41) is 0. The van der Waals surface area contributed by atoms with Crippen LogP contribution in [0.4, 0.5) is 29.7 Å². The molecule has 0 aliphatic carbocycles. The van der Waals surface area contributed by atoms with Crippen molar-refractivity contribution >= 4 is 23.6 Å². The van der Waals surface area contributed by atoms with Gasteiger partial charge in [0.25, 0.3) is 5.56 Å². The highest BCUT2D eigenvalue weighted by molar-refractivity contribution is 5.91. The molecule has 0 spiro atoms. The zero-order chi connectivity index (χ0) is 27.1. The lowest BCUT2D eigenvalue weighted by atomic mass is 10.1. The average molecular weight is 530 g/mol. The molecule has 1 amide bonds. The van der Waals surface area contributed by atoms with Crippen LogP contribution in [0.15, 0.2) is 10.9 Å². The molecule has 0 aromatic carbocycles. The normalized spacial score (nSPS) is 24.7. The minimum Gasteiger partial charge on any atom is -0.444 e. The van der Waals surface area contributed by atoms with Gasteiger partial charge in [-0.05, 0) is 47.0 Å². The molecule has 1 unspecified atom stereocenters. The molecule has 0 N–H and O–H groups in total. The van der Waals surface area contributed by atoms with E-state index in [2.05, 4.69) is 4.98 Å². The first-order valence-corrected chi connectivity index (χ1v) is 12.6. The van der Waals surface area contributed by atoms with Crippen LogP contribution in [0.25, 0.3) is 0 Å². The molecule has 4 heterocycles. The highest BCUT2D eigenvalue weighted by atomic mass is 19.4. The van der Waals surface area contributed by atoms with Crippen LogP contribution in [0.1, 0.15) is 47.0 Å². The first-order chi connectivity index (χ1) is 17.3. The van der Waals surface area contributed by atoms with E-state index >= 15 is 0 Å². The van der Waals surface area contributed by atoms with Gasteiger partial charge in [0, 0.05) is 25.7 Å². The van der Waals surface area contributed by atoms with E-state index in [1.165, 1.54) is 15.5 Å². The summed E-state index contributed by atoms with van der Waals surface area (Å²) in [5.41, 5.74) is -1.26. The minimum absolute atomic E-state index is 0.123. The molecule has 3 atom stereocenters. The van der Waals surface area contributed by atoms with Gasteiger partial charge in [-0.3, -0.25) is 19.1 Å². The van der Waals surface area contributed by atoms with E-state index < -0.39 is 47.8 Å². The summed E-state index contributed by atoms with van der Waals surface area (Å²) in [7, 11) is 0. The number of ketones is 1. The number of fused-ring (bicyclic) bond motifs is 1. The number of hydrogen-bond acceptors (Lipinski definition) is 8. The highest BCUT2D eigenvalue weighted by Crippen LogP contribution is 2.35. The maximum absolute atomic E-state index is 14.1. The summed E-state index contributed by atoms with van der Waals surface area (Å²) in [4.78, 5) is 47.5. The van der Waals surface area contributed by atoms with Crippen molar-refractivity contribution in [2.45, 2.75) is 83.4 Å². The van der Waals surface area contributed by atoms with Gasteiger partial charge in [-0.15, -0.1) is 0 Å². The number of anilines is 2. The summed E-state index contributed by atoms with van der Waals surface area (Å²) in [6.45, 7) is 7.70. The molecule has 0 bridgehead atoms. The first-order valence-electron chi connectivity index (χ1n) is 12.6. The molecule has 37 heavy (non-hydrogen) atoms. The Bertz CT molecular complexity index is 1090. The third-order valence-electron chi connectivity index (χ3n) is 6.85. The number of halogens is 3. The molecule has 1 aromatic heterocycles. The molecule has 206 valence electrons. The van der Waals surface area contributed by atoms with Gasteiger partial charge in [-0.2, -0.15) is 18.2 Å². The van der Waals surface area contributed by atoms with Crippen LogP contribution >= 0.6 is 0 Å². The van der Waals surface area contributed by atoms with Gasteiger partial charge in [-0.25, -0.2) is 4.79 Å². The average Bonchev–Trinajstić information content (AvgIpc) is 3.28. The Morgan fingerprint density at radius 2 is 1.89 bits per heavy atom. The van der Waals surface area contributed by atoms with E-state index in [0.717, 1.165) is 4.90 Å². The molecule has 1 aromatic rings. The van der Waals surface area contributed by atoms with Gasteiger partial charge < -0.3 is 19.3 Å². The quantitative estimate of drug-likeness (QED) is 0.587. The van der Waals surface area contributed by atoms with Gasteiger partial charge in [0.2, 0.25) is 5.95 Å². The third-order valence-corrected chi connectivity index (χ3v) is 6.85. The molecule has 2 saturated heterocycles. The van der Waals surface area contributed by atoms with E-state index in [-0.39, 0.29) is 37.3 Å². The molecule has 4 rings (SSSR count). The summed E-state index contributed by atoms with van der Waals surface area (Å²) in [6.07, 6.45) is -4.85. The van der Waals surface area contributed by atoms with Crippen molar-refractivity contribution in [2.24, 2.45) is 0 Å². The van der Waals surface area contributed by atoms with Crippen LogP contribution in [0.5, 0.6) is 0 Å². The lowest BCUT2D eigenvalue weighted by molar-refractivity contribution is -0.153. The van der Waals surface area contributed by atoms with E-state index in [4.69, 9.17) is 9.47 Å². The number of likely N-dealkylation sites (tertiary alicyclic amines) is 1. The van der Waals surface area contributed by atoms with Crippen LogP contribution in [-0.4, -0.2) is 89.1 Å². The van der Waals surface area contributed by atoms with Crippen molar-refractivity contribution in [2.75, 3.05) is 42.6 Å². The SMILES string of the molecule is C[C@@H]1COCCN1c1cc(=O)n2c(n1)N(CC(=O)C1CCCN1C(=O)OC(C)(C)C)[C@H](C(F)(F)F)CC2. The monoisotopic (exact) mass is 529 g/mol. The number of hydrogen-bond donors (Lipinski definition) is 0. The zero-order valence-corrected chi connectivity index (χ0v) is 21.6. The number of morpholine rings is 1. The molecule has 0 radical (unpaired) electrons. The fraction of sp³-hybridized carbons (Fsp3) is 0.750. The molecular weight excluding hydrogens is 495 g/mol. The smallest absolute Gasteiger partial charge is 0.410 e. The Hall–Kier alpha value is -2.83. The summed E-state index contributed by atoms with van der Waals surface area (Å²) >= 11 is 0. The number of nitrogens with zero attached hydrogens (tertiary/aromatic N) is 5. The van der Waals surface area contributed by atoms with Crippen LogP contribution in [0.2, 0.25) is 0 Å².